The lowest BCUT2D eigenvalue weighted by Crippen LogP contribution is -2.40. The molecule has 1 rings (SSSR count). The van der Waals surface area contributed by atoms with E-state index in [1.165, 1.54) is 0 Å². The number of carboxylic acid groups (broad SMARTS) is 1. The van der Waals surface area contributed by atoms with Gasteiger partial charge in [-0.1, -0.05) is 12.2 Å². The van der Waals surface area contributed by atoms with Gasteiger partial charge in [0.05, 0.1) is 11.8 Å². The van der Waals surface area contributed by atoms with Gasteiger partial charge in [0.2, 0.25) is 5.91 Å². The molecule has 0 aliphatic heterocycles. The lowest BCUT2D eigenvalue weighted by atomic mass is 9.82. The Morgan fingerprint density at radius 3 is 2.50 bits per heavy atom. The molecule has 0 spiro atoms. The minimum atomic E-state index is -0.866. The monoisotopic (exact) mass is 271 g/mol. The molecule has 102 valence electrons. The summed E-state index contributed by atoms with van der Waals surface area (Å²) in [7, 11) is 1.76. The average Bonchev–Trinajstić information content (AvgIpc) is 2.38. The molecule has 2 atom stereocenters. The lowest BCUT2D eigenvalue weighted by molar-refractivity contribution is -0.150. The maximum Gasteiger partial charge on any atom is 0.307 e. The van der Waals surface area contributed by atoms with E-state index in [0.29, 0.717) is 19.4 Å². The molecule has 1 N–H and O–H groups in total. The van der Waals surface area contributed by atoms with Crippen LogP contribution in [0.1, 0.15) is 19.3 Å². The summed E-state index contributed by atoms with van der Waals surface area (Å²) >= 11 is 1.75. The number of aliphatic carboxylic acids is 1. The van der Waals surface area contributed by atoms with Gasteiger partial charge in [-0.2, -0.15) is 11.8 Å². The van der Waals surface area contributed by atoms with Crippen LogP contribution in [0.2, 0.25) is 0 Å². The summed E-state index contributed by atoms with van der Waals surface area (Å²) in [6, 6.07) is 0. The van der Waals surface area contributed by atoms with Crippen molar-refractivity contribution >= 4 is 23.6 Å². The molecular formula is C13H21NO3S. The second-order valence-electron chi connectivity index (χ2n) is 4.60. The van der Waals surface area contributed by atoms with Crippen LogP contribution < -0.4 is 0 Å². The molecule has 4 nitrogen and oxygen atoms in total. The Kier molecular flexibility index (Phi) is 6.25. The highest BCUT2D eigenvalue weighted by molar-refractivity contribution is 7.98. The number of hydrogen-bond donors (Lipinski definition) is 1. The van der Waals surface area contributed by atoms with E-state index in [9.17, 15) is 9.59 Å². The smallest absolute Gasteiger partial charge is 0.307 e. The van der Waals surface area contributed by atoms with Crippen LogP contribution in [0.5, 0.6) is 0 Å². The molecule has 5 heteroatoms. The van der Waals surface area contributed by atoms with E-state index >= 15 is 0 Å². The molecule has 0 aromatic carbocycles. The largest absolute Gasteiger partial charge is 0.481 e. The maximum atomic E-state index is 12.2. The van der Waals surface area contributed by atoms with Crippen LogP contribution in [0.25, 0.3) is 0 Å². The minimum absolute atomic E-state index is 0.0344. The first kappa shape index (κ1) is 15.1. The highest BCUT2D eigenvalue weighted by Gasteiger charge is 2.35. The van der Waals surface area contributed by atoms with Gasteiger partial charge in [-0.05, 0) is 31.3 Å². The molecule has 0 heterocycles. The molecule has 0 radical (unpaired) electrons. The molecule has 0 bridgehead atoms. The summed E-state index contributed by atoms with van der Waals surface area (Å²) in [5.41, 5.74) is 0. The quantitative estimate of drug-likeness (QED) is 0.592. The normalized spacial score (nSPS) is 22.8. The topological polar surface area (TPSA) is 57.6 Å². The zero-order valence-electron chi connectivity index (χ0n) is 11.0. The molecule has 0 fully saturated rings. The van der Waals surface area contributed by atoms with E-state index in [-0.39, 0.29) is 5.91 Å². The van der Waals surface area contributed by atoms with Crippen molar-refractivity contribution < 1.29 is 14.7 Å². The summed E-state index contributed by atoms with van der Waals surface area (Å²) in [4.78, 5) is 25.0. The predicted octanol–water partition coefficient (Wildman–Crippen LogP) is 1.86. The third kappa shape index (κ3) is 4.05. The second-order valence-corrected chi connectivity index (χ2v) is 5.59. The van der Waals surface area contributed by atoms with Gasteiger partial charge in [0.25, 0.3) is 0 Å². The molecule has 0 saturated carbocycles. The number of carbonyl (C=O) groups is 2. The average molecular weight is 271 g/mol. The Labute approximate surface area is 112 Å². The number of hydrogen-bond acceptors (Lipinski definition) is 3. The van der Waals surface area contributed by atoms with E-state index in [2.05, 4.69) is 0 Å². The first-order chi connectivity index (χ1) is 8.57. The minimum Gasteiger partial charge on any atom is -0.481 e. The van der Waals surface area contributed by atoms with Crippen LogP contribution in [-0.4, -0.2) is 47.5 Å². The SMILES string of the molecule is CSCCCN(C)C(=O)[C@@H]1CC=CC[C@@H]1C(=O)O. The number of carbonyl (C=O) groups excluding carboxylic acids is 1. The van der Waals surface area contributed by atoms with E-state index in [1.54, 1.807) is 23.7 Å². The third-order valence-electron chi connectivity index (χ3n) is 3.29. The van der Waals surface area contributed by atoms with Crippen molar-refractivity contribution in [3.8, 4) is 0 Å². The molecular weight excluding hydrogens is 250 g/mol. The van der Waals surface area contributed by atoms with Crippen molar-refractivity contribution in [2.24, 2.45) is 11.8 Å². The first-order valence-electron chi connectivity index (χ1n) is 6.19. The van der Waals surface area contributed by atoms with Gasteiger partial charge in [-0.25, -0.2) is 0 Å². The number of thioether (sulfide) groups is 1. The zero-order chi connectivity index (χ0) is 13.5. The zero-order valence-corrected chi connectivity index (χ0v) is 11.8. The van der Waals surface area contributed by atoms with Crippen LogP contribution in [0.3, 0.4) is 0 Å². The van der Waals surface area contributed by atoms with Crippen molar-refractivity contribution in [1.82, 2.24) is 4.90 Å². The molecule has 0 saturated heterocycles. The molecule has 18 heavy (non-hydrogen) atoms. The van der Waals surface area contributed by atoms with Crippen molar-refractivity contribution in [3.63, 3.8) is 0 Å². The van der Waals surface area contributed by atoms with E-state index in [0.717, 1.165) is 12.2 Å². The molecule has 1 aliphatic rings. The summed E-state index contributed by atoms with van der Waals surface area (Å²) in [6.07, 6.45) is 7.76. The van der Waals surface area contributed by atoms with Gasteiger partial charge in [-0.3, -0.25) is 9.59 Å². The highest BCUT2D eigenvalue weighted by Crippen LogP contribution is 2.27. The van der Waals surface area contributed by atoms with Gasteiger partial charge in [0.1, 0.15) is 0 Å². The van der Waals surface area contributed by atoms with Crippen LogP contribution in [0, 0.1) is 11.8 Å². The van der Waals surface area contributed by atoms with Gasteiger partial charge in [0.15, 0.2) is 0 Å². The fraction of sp³-hybridized carbons (Fsp3) is 0.692. The fourth-order valence-electron chi connectivity index (χ4n) is 2.20. The number of rotatable bonds is 6. The van der Waals surface area contributed by atoms with Crippen molar-refractivity contribution in [2.75, 3.05) is 25.6 Å². The summed E-state index contributed by atoms with van der Waals surface area (Å²) in [5.74, 6) is -0.842. The number of nitrogens with zero attached hydrogens (tertiary/aromatic N) is 1. The molecule has 1 aliphatic carbocycles. The summed E-state index contributed by atoms with van der Waals surface area (Å²) in [5, 5.41) is 9.15. The van der Waals surface area contributed by atoms with E-state index in [1.807, 2.05) is 18.4 Å². The van der Waals surface area contributed by atoms with Gasteiger partial charge in [0, 0.05) is 13.6 Å². The van der Waals surface area contributed by atoms with Crippen molar-refractivity contribution in [3.05, 3.63) is 12.2 Å². The number of allylic oxidation sites excluding steroid dienone is 2. The number of carboxylic acids is 1. The van der Waals surface area contributed by atoms with Gasteiger partial charge < -0.3 is 10.0 Å². The lowest BCUT2D eigenvalue weighted by Gasteiger charge is -2.28. The van der Waals surface area contributed by atoms with Crippen molar-refractivity contribution in [1.29, 1.82) is 0 Å². The second kappa shape index (κ2) is 7.46. The predicted molar refractivity (Wildman–Crippen MR) is 73.6 cm³/mol. The molecule has 0 unspecified atom stereocenters. The van der Waals surface area contributed by atoms with Gasteiger partial charge >= 0.3 is 5.97 Å². The van der Waals surface area contributed by atoms with E-state index in [4.69, 9.17) is 5.11 Å². The highest BCUT2D eigenvalue weighted by atomic mass is 32.2. The van der Waals surface area contributed by atoms with Crippen LogP contribution in [-0.2, 0) is 9.59 Å². The molecule has 0 aromatic rings. The third-order valence-corrected chi connectivity index (χ3v) is 3.98. The van der Waals surface area contributed by atoms with Crippen molar-refractivity contribution in [2.45, 2.75) is 19.3 Å². The summed E-state index contributed by atoms with van der Waals surface area (Å²) < 4.78 is 0. The Morgan fingerprint density at radius 2 is 1.94 bits per heavy atom. The maximum absolute atomic E-state index is 12.2. The number of amides is 1. The Hall–Kier alpha value is -0.970. The van der Waals surface area contributed by atoms with Crippen LogP contribution >= 0.6 is 11.8 Å². The van der Waals surface area contributed by atoms with Crippen LogP contribution in [0.4, 0.5) is 0 Å². The van der Waals surface area contributed by atoms with Crippen LogP contribution in [0.15, 0.2) is 12.2 Å². The molecule has 1 amide bonds. The molecule has 0 aromatic heterocycles. The van der Waals surface area contributed by atoms with Gasteiger partial charge in [-0.15, -0.1) is 0 Å². The standard InChI is InChI=1S/C13H21NO3S/c1-14(8-5-9-18-2)12(15)10-6-3-4-7-11(10)13(16)17/h3-4,10-11H,5-9H2,1-2H3,(H,16,17)/t10-,11+/m1/s1. The Morgan fingerprint density at radius 1 is 1.33 bits per heavy atom. The Balaban J connectivity index is 2.57. The summed E-state index contributed by atoms with van der Waals surface area (Å²) in [6.45, 7) is 0.701. The first-order valence-corrected chi connectivity index (χ1v) is 7.59. The Bertz CT molecular complexity index is 330. The fourth-order valence-corrected chi connectivity index (χ4v) is 2.62. The van der Waals surface area contributed by atoms with E-state index < -0.39 is 17.8 Å².